The van der Waals surface area contributed by atoms with Gasteiger partial charge in [0, 0.05) is 12.6 Å². The van der Waals surface area contributed by atoms with Crippen molar-refractivity contribution in [3.8, 4) is 0 Å². The third-order valence-corrected chi connectivity index (χ3v) is 5.75. The van der Waals surface area contributed by atoms with Crippen molar-refractivity contribution in [3.63, 3.8) is 0 Å². The van der Waals surface area contributed by atoms with Crippen LogP contribution in [-0.4, -0.2) is 26.8 Å². The number of nitrogens with zero attached hydrogens (tertiary/aromatic N) is 4. The van der Waals surface area contributed by atoms with Crippen molar-refractivity contribution >= 4 is 51.6 Å². The molecule has 27 heavy (non-hydrogen) atoms. The number of carbonyl (C=O) groups is 1. The van der Waals surface area contributed by atoms with Gasteiger partial charge in [-0.1, -0.05) is 23.2 Å². The number of rotatable bonds is 0. The van der Waals surface area contributed by atoms with E-state index in [1.807, 2.05) is 30.4 Å². The third-order valence-electron chi connectivity index (χ3n) is 5.08. The SMILES string of the molecule is Cc1cc2c(ncn2C)c2c1N1c3nc(Cl)c(Cl)cc3C(=O)NC1OC2C. The molecule has 1 N–H and O–H groups in total. The highest BCUT2D eigenvalue weighted by Gasteiger charge is 2.42. The van der Waals surface area contributed by atoms with Crippen molar-refractivity contribution in [2.75, 3.05) is 4.90 Å². The van der Waals surface area contributed by atoms with Crippen molar-refractivity contribution < 1.29 is 9.53 Å². The second-order valence-corrected chi connectivity index (χ2v) is 7.55. The smallest absolute Gasteiger partial charge is 0.258 e. The van der Waals surface area contributed by atoms with Crippen molar-refractivity contribution in [2.24, 2.45) is 7.05 Å². The molecule has 2 aromatic heterocycles. The summed E-state index contributed by atoms with van der Waals surface area (Å²) >= 11 is 12.2. The van der Waals surface area contributed by atoms with Gasteiger partial charge in [-0.2, -0.15) is 0 Å². The van der Waals surface area contributed by atoms with E-state index in [2.05, 4.69) is 21.4 Å². The molecule has 0 fully saturated rings. The summed E-state index contributed by atoms with van der Waals surface area (Å²) in [4.78, 5) is 23.4. The molecule has 5 rings (SSSR count). The molecule has 7 nitrogen and oxygen atoms in total. The van der Waals surface area contributed by atoms with Gasteiger partial charge in [0.2, 0.25) is 6.35 Å². The van der Waals surface area contributed by atoms with Crippen molar-refractivity contribution in [1.82, 2.24) is 19.9 Å². The molecular weight excluding hydrogens is 389 g/mol. The highest BCUT2D eigenvalue weighted by Crippen LogP contribution is 2.47. The average molecular weight is 404 g/mol. The second kappa shape index (κ2) is 5.58. The van der Waals surface area contributed by atoms with Gasteiger partial charge in [-0.25, -0.2) is 9.97 Å². The summed E-state index contributed by atoms with van der Waals surface area (Å²) in [6.45, 7) is 3.97. The van der Waals surface area contributed by atoms with Crippen LogP contribution in [0.3, 0.4) is 0 Å². The van der Waals surface area contributed by atoms with Crippen LogP contribution >= 0.6 is 23.2 Å². The molecule has 0 bridgehead atoms. The lowest BCUT2D eigenvalue weighted by atomic mass is 9.97. The maximum atomic E-state index is 12.5. The maximum Gasteiger partial charge on any atom is 0.258 e. The molecule has 0 radical (unpaired) electrons. The lowest BCUT2D eigenvalue weighted by Crippen LogP contribution is -2.55. The molecule has 0 spiro atoms. The molecule has 1 amide bonds. The van der Waals surface area contributed by atoms with E-state index in [0.29, 0.717) is 11.4 Å². The van der Waals surface area contributed by atoms with Gasteiger partial charge in [-0.05, 0) is 31.5 Å². The molecule has 3 aromatic rings. The van der Waals surface area contributed by atoms with Crippen LogP contribution in [0.2, 0.25) is 10.2 Å². The zero-order chi connectivity index (χ0) is 19.0. The first-order valence-electron chi connectivity index (χ1n) is 8.43. The lowest BCUT2D eigenvalue weighted by molar-refractivity contribution is -0.0257. The van der Waals surface area contributed by atoms with Crippen LogP contribution in [0.15, 0.2) is 18.5 Å². The molecule has 0 saturated carbocycles. The number of carbonyl (C=O) groups excluding carboxylic acids is 1. The summed E-state index contributed by atoms with van der Waals surface area (Å²) in [7, 11) is 1.96. The summed E-state index contributed by atoms with van der Waals surface area (Å²) in [6.07, 6.45) is 0.838. The first-order chi connectivity index (χ1) is 12.9. The monoisotopic (exact) mass is 403 g/mol. The number of nitrogens with one attached hydrogen (secondary N) is 1. The minimum atomic E-state index is -0.683. The topological polar surface area (TPSA) is 72.3 Å². The van der Waals surface area contributed by atoms with Gasteiger partial charge >= 0.3 is 0 Å². The molecule has 138 valence electrons. The number of fused-ring (bicyclic) bond motifs is 7. The fourth-order valence-corrected chi connectivity index (χ4v) is 4.16. The van der Waals surface area contributed by atoms with Gasteiger partial charge < -0.3 is 14.6 Å². The van der Waals surface area contributed by atoms with Crippen LogP contribution < -0.4 is 10.2 Å². The molecular formula is C18H15Cl2N5O2. The number of halogens is 2. The number of anilines is 2. The Hall–Kier alpha value is -2.35. The van der Waals surface area contributed by atoms with Crippen LogP contribution in [-0.2, 0) is 11.8 Å². The van der Waals surface area contributed by atoms with E-state index in [4.69, 9.17) is 27.9 Å². The van der Waals surface area contributed by atoms with Crippen LogP contribution in [0.25, 0.3) is 11.0 Å². The van der Waals surface area contributed by atoms with Gasteiger partial charge in [0.15, 0.2) is 5.82 Å². The summed E-state index contributed by atoms with van der Waals surface area (Å²) in [5.41, 5.74) is 5.13. The van der Waals surface area contributed by atoms with E-state index < -0.39 is 6.35 Å². The zero-order valence-electron chi connectivity index (χ0n) is 14.7. The zero-order valence-corrected chi connectivity index (χ0v) is 16.3. The molecule has 0 saturated heterocycles. The molecule has 4 heterocycles. The highest BCUT2D eigenvalue weighted by molar-refractivity contribution is 6.41. The maximum absolute atomic E-state index is 12.5. The van der Waals surface area contributed by atoms with E-state index in [1.54, 1.807) is 6.33 Å². The average Bonchev–Trinajstić information content (AvgIpc) is 2.97. The van der Waals surface area contributed by atoms with Crippen LogP contribution in [0.1, 0.15) is 34.5 Å². The van der Waals surface area contributed by atoms with Crippen LogP contribution in [0.5, 0.6) is 0 Å². The second-order valence-electron chi connectivity index (χ2n) is 6.79. The number of aromatic nitrogens is 3. The third kappa shape index (κ3) is 2.22. The Bertz CT molecular complexity index is 1140. The number of benzene rings is 1. The molecule has 2 unspecified atom stereocenters. The fourth-order valence-electron chi connectivity index (χ4n) is 3.87. The molecule has 2 aliphatic rings. The Morgan fingerprint density at radius 3 is 2.85 bits per heavy atom. The molecule has 2 atom stereocenters. The van der Waals surface area contributed by atoms with E-state index in [9.17, 15) is 4.79 Å². The number of aryl methyl sites for hydroxylation is 2. The minimum absolute atomic E-state index is 0.139. The number of pyridine rings is 1. The fraction of sp³-hybridized carbons (Fsp3) is 0.278. The summed E-state index contributed by atoms with van der Waals surface area (Å²) in [5.74, 6) is 0.120. The van der Waals surface area contributed by atoms with Gasteiger partial charge in [-0.15, -0.1) is 0 Å². The Balaban J connectivity index is 1.85. The first-order valence-corrected chi connectivity index (χ1v) is 9.18. The summed E-state index contributed by atoms with van der Waals surface area (Å²) in [6, 6.07) is 3.61. The number of hydrogen-bond donors (Lipinski definition) is 1. The van der Waals surface area contributed by atoms with E-state index >= 15 is 0 Å². The number of hydrogen-bond acceptors (Lipinski definition) is 5. The normalized spacial score (nSPS) is 20.9. The molecule has 2 aliphatic heterocycles. The predicted octanol–water partition coefficient (Wildman–Crippen LogP) is 3.84. The van der Waals surface area contributed by atoms with E-state index in [-0.39, 0.29) is 22.2 Å². The Kier molecular flexibility index (Phi) is 3.47. The number of imidazole rings is 1. The van der Waals surface area contributed by atoms with Gasteiger partial charge in [0.1, 0.15) is 5.15 Å². The lowest BCUT2D eigenvalue weighted by Gasteiger charge is -2.44. The van der Waals surface area contributed by atoms with E-state index in [0.717, 1.165) is 27.8 Å². The largest absolute Gasteiger partial charge is 0.334 e. The predicted molar refractivity (Wildman–Crippen MR) is 103 cm³/mol. The Morgan fingerprint density at radius 1 is 1.30 bits per heavy atom. The van der Waals surface area contributed by atoms with Gasteiger partial charge in [0.05, 0.1) is 39.7 Å². The summed E-state index contributed by atoms with van der Waals surface area (Å²) < 4.78 is 8.09. The molecule has 1 aromatic carbocycles. The number of ether oxygens (including phenoxy) is 1. The quantitative estimate of drug-likeness (QED) is 0.577. The van der Waals surface area contributed by atoms with Gasteiger partial charge in [0.25, 0.3) is 5.91 Å². The van der Waals surface area contributed by atoms with E-state index in [1.165, 1.54) is 6.07 Å². The van der Waals surface area contributed by atoms with Crippen molar-refractivity contribution in [1.29, 1.82) is 0 Å². The standard InChI is InChI=1S/C18H15Cl2N5O2/c1-7-4-11-13(21-6-24(11)3)12-8(2)27-18-23-17(26)9-5-10(19)15(20)22-16(9)25(18)14(7)12/h4-6,8,18H,1-3H3,(H,23,26). The first kappa shape index (κ1) is 16.8. The number of amides is 1. The minimum Gasteiger partial charge on any atom is -0.334 e. The van der Waals surface area contributed by atoms with Crippen LogP contribution in [0, 0.1) is 6.92 Å². The Labute approximate surface area is 164 Å². The summed E-state index contributed by atoms with van der Waals surface area (Å²) in [5, 5.41) is 3.24. The highest BCUT2D eigenvalue weighted by atomic mass is 35.5. The Morgan fingerprint density at radius 2 is 2.07 bits per heavy atom. The molecule has 0 aliphatic carbocycles. The van der Waals surface area contributed by atoms with Crippen molar-refractivity contribution in [3.05, 3.63) is 45.3 Å². The molecule has 9 heteroatoms. The van der Waals surface area contributed by atoms with Crippen molar-refractivity contribution in [2.45, 2.75) is 26.3 Å². The van der Waals surface area contributed by atoms with Crippen LogP contribution in [0.4, 0.5) is 11.5 Å². The van der Waals surface area contributed by atoms with Gasteiger partial charge in [-0.3, -0.25) is 9.69 Å².